The smallest absolute Gasteiger partial charge is 0.270 e. The van der Waals surface area contributed by atoms with Crippen LogP contribution in [-0.2, 0) is 0 Å². The number of nitrogen functional groups attached to an aromatic ring is 1. The van der Waals surface area contributed by atoms with Crippen LogP contribution in [0.5, 0.6) is 0 Å². The van der Waals surface area contributed by atoms with Gasteiger partial charge in [-0.2, -0.15) is 0 Å². The van der Waals surface area contributed by atoms with Crippen molar-refractivity contribution < 1.29 is 9.59 Å². The maximum atomic E-state index is 12.8. The number of hydrogen-bond donors (Lipinski definition) is 2. The Labute approximate surface area is 146 Å². The number of nitrogens with zero attached hydrogens (tertiary/aromatic N) is 3. The summed E-state index contributed by atoms with van der Waals surface area (Å²) in [6.45, 7) is 7.88. The number of aromatic amines is 1. The fourth-order valence-electron chi connectivity index (χ4n) is 3.40. The zero-order valence-corrected chi connectivity index (χ0v) is 14.8. The van der Waals surface area contributed by atoms with Crippen LogP contribution < -0.4 is 10.6 Å². The summed E-state index contributed by atoms with van der Waals surface area (Å²) in [6.07, 6.45) is 1.75. The number of Topliss-reactive ketones (excluding diaryl/α,β-unsaturated/α-hetero) is 1. The summed E-state index contributed by atoms with van der Waals surface area (Å²) >= 11 is 0. The average molecular weight is 341 g/mol. The van der Waals surface area contributed by atoms with Crippen molar-refractivity contribution in [1.82, 2.24) is 14.9 Å². The monoisotopic (exact) mass is 341 g/mol. The summed E-state index contributed by atoms with van der Waals surface area (Å²) in [5, 5.41) is 0. The van der Waals surface area contributed by atoms with Crippen LogP contribution in [0.2, 0.25) is 0 Å². The molecule has 0 radical (unpaired) electrons. The molecule has 1 fully saturated rings. The number of carbonyl (C=O) groups excluding carboxylic acids is 2. The topological polar surface area (TPSA) is 95.3 Å². The Hall–Kier alpha value is -2.83. The zero-order chi connectivity index (χ0) is 18.1. The van der Waals surface area contributed by atoms with Crippen molar-refractivity contribution in [2.24, 2.45) is 0 Å². The first kappa shape index (κ1) is 17.0. The Kier molecular flexibility index (Phi) is 4.48. The number of anilines is 2. The van der Waals surface area contributed by atoms with Crippen LogP contribution in [0.3, 0.4) is 0 Å². The molecule has 0 unspecified atom stereocenters. The lowest BCUT2D eigenvalue weighted by atomic mass is 10.1. The van der Waals surface area contributed by atoms with Gasteiger partial charge < -0.3 is 20.5 Å². The lowest BCUT2D eigenvalue weighted by Gasteiger charge is -2.35. The molecule has 1 aliphatic rings. The lowest BCUT2D eigenvalue weighted by Crippen LogP contribution is -2.49. The third kappa shape index (κ3) is 3.22. The molecular weight excluding hydrogens is 318 g/mol. The first-order valence-corrected chi connectivity index (χ1v) is 8.34. The number of pyridine rings is 1. The van der Waals surface area contributed by atoms with E-state index < -0.39 is 0 Å². The number of aryl methyl sites for hydroxylation is 1. The Morgan fingerprint density at radius 2 is 1.84 bits per heavy atom. The number of amides is 1. The predicted molar refractivity (Wildman–Crippen MR) is 97.0 cm³/mol. The Morgan fingerprint density at radius 1 is 1.16 bits per heavy atom. The highest BCUT2D eigenvalue weighted by molar-refractivity contribution is 6.02. The molecule has 1 saturated heterocycles. The van der Waals surface area contributed by atoms with Gasteiger partial charge in [0.25, 0.3) is 5.91 Å². The molecule has 3 N–H and O–H groups in total. The highest BCUT2D eigenvalue weighted by atomic mass is 16.2. The number of nitrogens with one attached hydrogen (secondary N) is 1. The fourth-order valence-corrected chi connectivity index (χ4v) is 3.40. The predicted octanol–water partition coefficient (Wildman–Crippen LogP) is 1.77. The van der Waals surface area contributed by atoms with Crippen LogP contribution in [0.4, 0.5) is 11.5 Å². The van der Waals surface area contributed by atoms with Gasteiger partial charge in [-0.15, -0.1) is 0 Å². The number of carbonyl (C=O) groups is 2. The van der Waals surface area contributed by atoms with E-state index in [4.69, 9.17) is 5.73 Å². The maximum absolute atomic E-state index is 12.8. The number of H-pyrrole nitrogens is 1. The number of nitrogens with two attached hydrogens (primary N) is 1. The Morgan fingerprint density at radius 3 is 2.36 bits per heavy atom. The summed E-state index contributed by atoms with van der Waals surface area (Å²) in [5.74, 6) is 0.422. The van der Waals surface area contributed by atoms with E-state index in [2.05, 4.69) is 14.9 Å². The molecule has 0 aliphatic carbocycles. The van der Waals surface area contributed by atoms with Gasteiger partial charge in [-0.1, -0.05) is 0 Å². The van der Waals surface area contributed by atoms with Gasteiger partial charge in [0.2, 0.25) is 0 Å². The van der Waals surface area contributed by atoms with Crippen LogP contribution in [-0.4, -0.2) is 52.7 Å². The molecule has 2 aromatic heterocycles. The van der Waals surface area contributed by atoms with Crippen molar-refractivity contribution in [2.75, 3.05) is 36.8 Å². The van der Waals surface area contributed by atoms with Crippen molar-refractivity contribution in [3.63, 3.8) is 0 Å². The van der Waals surface area contributed by atoms with E-state index in [-0.39, 0.29) is 11.7 Å². The molecule has 1 aliphatic heterocycles. The van der Waals surface area contributed by atoms with Gasteiger partial charge in [0, 0.05) is 37.4 Å². The van der Waals surface area contributed by atoms with Gasteiger partial charge in [0.15, 0.2) is 5.78 Å². The standard InChI is InChI=1S/C18H23N5O2/c1-11-16(13(3)24)12(2)21-17(11)18(25)23-8-6-22(7-9-23)14-4-5-15(19)20-10-14/h4-5,10,21H,6-9H2,1-3H3,(H2,19,20). The van der Waals surface area contributed by atoms with E-state index in [1.165, 1.54) is 6.92 Å². The largest absolute Gasteiger partial charge is 0.384 e. The third-order valence-corrected chi connectivity index (χ3v) is 4.71. The second kappa shape index (κ2) is 6.58. The van der Waals surface area contributed by atoms with Gasteiger partial charge in [0.1, 0.15) is 11.5 Å². The molecule has 132 valence electrons. The van der Waals surface area contributed by atoms with Gasteiger partial charge in [0.05, 0.1) is 11.9 Å². The van der Waals surface area contributed by atoms with Gasteiger partial charge >= 0.3 is 0 Å². The minimum Gasteiger partial charge on any atom is -0.384 e. The molecule has 0 aromatic carbocycles. The second-order valence-electron chi connectivity index (χ2n) is 6.40. The van der Waals surface area contributed by atoms with E-state index in [0.717, 1.165) is 30.0 Å². The minimum absolute atomic E-state index is 0.0223. The number of ketones is 1. The first-order chi connectivity index (χ1) is 11.9. The Balaban J connectivity index is 1.71. The van der Waals surface area contributed by atoms with E-state index in [1.807, 2.05) is 24.8 Å². The summed E-state index contributed by atoms with van der Waals surface area (Å²) in [4.78, 5) is 35.8. The molecule has 0 saturated carbocycles. The van der Waals surface area contributed by atoms with Crippen LogP contribution in [0.15, 0.2) is 18.3 Å². The normalized spacial score (nSPS) is 14.7. The molecule has 0 spiro atoms. The molecule has 0 bridgehead atoms. The molecule has 7 nitrogen and oxygen atoms in total. The summed E-state index contributed by atoms with van der Waals surface area (Å²) in [5.41, 5.74) is 9.25. The van der Waals surface area contributed by atoms with Crippen LogP contribution in [0.1, 0.15) is 39.0 Å². The van der Waals surface area contributed by atoms with Crippen molar-refractivity contribution in [3.05, 3.63) is 40.8 Å². The minimum atomic E-state index is -0.0526. The van der Waals surface area contributed by atoms with Crippen molar-refractivity contribution >= 4 is 23.2 Å². The molecule has 0 atom stereocenters. The molecular formula is C18H23N5O2. The van der Waals surface area contributed by atoms with Gasteiger partial charge in [-0.05, 0) is 38.5 Å². The second-order valence-corrected chi connectivity index (χ2v) is 6.40. The van der Waals surface area contributed by atoms with Gasteiger partial charge in [-0.3, -0.25) is 9.59 Å². The fraction of sp³-hybridized carbons (Fsp3) is 0.389. The first-order valence-electron chi connectivity index (χ1n) is 8.34. The number of aromatic nitrogens is 2. The zero-order valence-electron chi connectivity index (χ0n) is 14.8. The van der Waals surface area contributed by atoms with E-state index >= 15 is 0 Å². The van der Waals surface area contributed by atoms with Crippen molar-refractivity contribution in [2.45, 2.75) is 20.8 Å². The number of piperazine rings is 1. The summed E-state index contributed by atoms with van der Waals surface area (Å²) in [6, 6.07) is 3.72. The SMILES string of the molecule is CC(=O)c1c(C)[nH]c(C(=O)N2CCN(c3ccc(N)nc3)CC2)c1C. The Bertz CT molecular complexity index is 802. The summed E-state index contributed by atoms with van der Waals surface area (Å²) in [7, 11) is 0. The summed E-state index contributed by atoms with van der Waals surface area (Å²) < 4.78 is 0. The maximum Gasteiger partial charge on any atom is 0.270 e. The lowest BCUT2D eigenvalue weighted by molar-refractivity contribution is 0.0740. The number of hydrogen-bond acceptors (Lipinski definition) is 5. The van der Waals surface area contributed by atoms with E-state index in [0.29, 0.717) is 30.2 Å². The highest BCUT2D eigenvalue weighted by Gasteiger charge is 2.26. The van der Waals surface area contributed by atoms with E-state index in [1.54, 1.807) is 12.3 Å². The number of rotatable bonds is 3. The highest BCUT2D eigenvalue weighted by Crippen LogP contribution is 2.22. The molecule has 1 amide bonds. The average Bonchev–Trinajstić information content (AvgIpc) is 2.89. The molecule has 2 aromatic rings. The van der Waals surface area contributed by atoms with Crippen molar-refractivity contribution in [1.29, 1.82) is 0 Å². The molecule has 25 heavy (non-hydrogen) atoms. The van der Waals surface area contributed by atoms with Crippen LogP contribution >= 0.6 is 0 Å². The molecule has 7 heteroatoms. The van der Waals surface area contributed by atoms with E-state index in [9.17, 15) is 9.59 Å². The van der Waals surface area contributed by atoms with Crippen LogP contribution in [0, 0.1) is 13.8 Å². The van der Waals surface area contributed by atoms with Crippen molar-refractivity contribution in [3.8, 4) is 0 Å². The molecule has 3 rings (SSSR count). The van der Waals surface area contributed by atoms with Gasteiger partial charge in [-0.25, -0.2) is 4.98 Å². The third-order valence-electron chi connectivity index (χ3n) is 4.71. The molecule has 3 heterocycles. The van der Waals surface area contributed by atoms with Crippen LogP contribution in [0.25, 0.3) is 0 Å². The quantitative estimate of drug-likeness (QED) is 0.830.